The second-order valence-corrected chi connectivity index (χ2v) is 4.41. The van der Waals surface area contributed by atoms with E-state index in [0.717, 1.165) is 19.5 Å². The van der Waals surface area contributed by atoms with Gasteiger partial charge < -0.3 is 5.11 Å². The van der Waals surface area contributed by atoms with Crippen LogP contribution in [-0.4, -0.2) is 34.7 Å². The molecule has 1 fully saturated rings. The molecule has 0 aromatic heterocycles. The Balaban J connectivity index is 2.39. The molecule has 0 bridgehead atoms. The molecule has 1 saturated heterocycles. The normalized spacial score (nSPS) is 25.5. The minimum Gasteiger partial charge on any atom is -0.387 e. The monoisotopic (exact) mass is 171 g/mol. The van der Waals surface area contributed by atoms with Crippen LogP contribution in [0.25, 0.3) is 0 Å². The zero-order valence-electron chi connectivity index (χ0n) is 8.67. The summed E-state index contributed by atoms with van der Waals surface area (Å²) in [5.41, 5.74) is -0.390. The van der Waals surface area contributed by atoms with Gasteiger partial charge in [-0.15, -0.1) is 0 Å². The summed E-state index contributed by atoms with van der Waals surface area (Å²) in [7, 11) is 0. The van der Waals surface area contributed by atoms with Crippen LogP contribution in [0, 0.1) is 5.92 Å². The first-order valence-electron chi connectivity index (χ1n) is 4.96. The molecule has 1 aliphatic heterocycles. The van der Waals surface area contributed by atoms with E-state index in [1.165, 1.54) is 0 Å². The van der Waals surface area contributed by atoms with Gasteiger partial charge in [-0.1, -0.05) is 20.3 Å². The van der Waals surface area contributed by atoms with Crippen LogP contribution in [0.1, 0.15) is 34.1 Å². The van der Waals surface area contributed by atoms with Crippen molar-refractivity contribution in [1.29, 1.82) is 0 Å². The van der Waals surface area contributed by atoms with Gasteiger partial charge >= 0.3 is 0 Å². The first-order valence-corrected chi connectivity index (χ1v) is 4.96. The molecule has 12 heavy (non-hydrogen) atoms. The van der Waals surface area contributed by atoms with Gasteiger partial charge in [-0.3, -0.25) is 4.90 Å². The summed E-state index contributed by atoms with van der Waals surface area (Å²) in [4.78, 5) is 2.31. The number of nitrogens with zero attached hydrogens (tertiary/aromatic N) is 1. The molecule has 0 radical (unpaired) electrons. The summed E-state index contributed by atoms with van der Waals surface area (Å²) < 4.78 is 0. The fourth-order valence-electron chi connectivity index (χ4n) is 1.71. The van der Waals surface area contributed by atoms with E-state index in [0.29, 0.717) is 12.0 Å². The molecule has 0 saturated carbocycles. The highest BCUT2D eigenvalue weighted by molar-refractivity contribution is 4.99. The first-order chi connectivity index (χ1) is 5.49. The molecule has 1 heterocycles. The van der Waals surface area contributed by atoms with E-state index in [9.17, 15) is 5.11 Å². The predicted molar refractivity (Wildman–Crippen MR) is 51.1 cm³/mol. The molecule has 72 valence electrons. The lowest BCUT2D eigenvalue weighted by Gasteiger charge is -2.51. The summed E-state index contributed by atoms with van der Waals surface area (Å²) in [6.07, 6.45) is 1.07. The Hall–Kier alpha value is -0.0800. The molecule has 0 spiro atoms. The van der Waals surface area contributed by atoms with E-state index in [1.807, 2.05) is 0 Å². The third-order valence-corrected chi connectivity index (χ3v) is 3.21. The summed E-state index contributed by atoms with van der Waals surface area (Å²) in [6.45, 7) is 10.4. The predicted octanol–water partition coefficient (Wildman–Crippen LogP) is 1.49. The van der Waals surface area contributed by atoms with E-state index < -0.39 is 0 Å². The van der Waals surface area contributed by atoms with E-state index >= 15 is 0 Å². The Morgan fingerprint density at radius 1 is 1.33 bits per heavy atom. The van der Waals surface area contributed by atoms with Gasteiger partial charge in [0.25, 0.3) is 0 Å². The Labute approximate surface area is 75.6 Å². The lowest BCUT2D eigenvalue weighted by Crippen LogP contribution is -2.66. The molecule has 0 aliphatic carbocycles. The number of hydrogen-bond acceptors (Lipinski definition) is 2. The third-order valence-electron chi connectivity index (χ3n) is 3.21. The van der Waals surface area contributed by atoms with E-state index in [2.05, 4.69) is 32.6 Å². The van der Waals surface area contributed by atoms with Crippen molar-refractivity contribution in [1.82, 2.24) is 4.90 Å². The Bertz CT molecular complexity index is 150. The van der Waals surface area contributed by atoms with Crippen molar-refractivity contribution in [2.45, 2.75) is 45.8 Å². The summed E-state index contributed by atoms with van der Waals surface area (Å²) in [5.74, 6) is 0.437. The van der Waals surface area contributed by atoms with Gasteiger partial charge in [0.15, 0.2) is 0 Å². The smallest absolute Gasteiger partial charge is 0.0925 e. The molecule has 1 unspecified atom stereocenters. The minimum absolute atomic E-state index is 0.390. The van der Waals surface area contributed by atoms with E-state index in [-0.39, 0.29) is 5.60 Å². The molecular weight excluding hydrogens is 150 g/mol. The lowest BCUT2D eigenvalue weighted by molar-refractivity contribution is -0.142. The zero-order chi connectivity index (χ0) is 9.35. The van der Waals surface area contributed by atoms with E-state index in [4.69, 9.17) is 0 Å². The fourth-order valence-corrected chi connectivity index (χ4v) is 1.71. The van der Waals surface area contributed by atoms with Crippen LogP contribution in [0.5, 0.6) is 0 Å². The summed E-state index contributed by atoms with van der Waals surface area (Å²) in [6, 6.07) is 0.578. The Morgan fingerprint density at radius 2 is 1.83 bits per heavy atom. The highest BCUT2D eigenvalue weighted by atomic mass is 16.3. The molecule has 1 aliphatic rings. The third kappa shape index (κ3) is 1.64. The molecule has 0 amide bonds. The van der Waals surface area contributed by atoms with Crippen LogP contribution in [0.4, 0.5) is 0 Å². The molecule has 0 aromatic rings. The fraction of sp³-hybridized carbons (Fsp3) is 1.00. The maximum absolute atomic E-state index is 10.1. The molecule has 2 heteroatoms. The maximum Gasteiger partial charge on any atom is 0.0925 e. The van der Waals surface area contributed by atoms with Crippen molar-refractivity contribution >= 4 is 0 Å². The molecule has 2 nitrogen and oxygen atoms in total. The van der Waals surface area contributed by atoms with Gasteiger partial charge in [0.1, 0.15) is 0 Å². The average Bonchev–Trinajstić information content (AvgIpc) is 1.96. The van der Waals surface area contributed by atoms with Crippen molar-refractivity contribution in [2.75, 3.05) is 13.1 Å². The van der Waals surface area contributed by atoms with Crippen molar-refractivity contribution in [3.8, 4) is 0 Å². The average molecular weight is 171 g/mol. The number of likely N-dealkylation sites (tertiary alicyclic amines) is 1. The lowest BCUT2D eigenvalue weighted by atomic mass is 9.80. The standard InChI is InChI=1S/C10H21NO/c1-5-9(4)10(12)6-11(7-10)8(2)3/h8-9,12H,5-7H2,1-4H3. The van der Waals surface area contributed by atoms with Crippen LogP contribution in [0.15, 0.2) is 0 Å². The number of hydrogen-bond donors (Lipinski definition) is 1. The SMILES string of the molecule is CCC(C)C1(O)CN(C(C)C)C1. The van der Waals surface area contributed by atoms with E-state index in [1.54, 1.807) is 0 Å². The van der Waals surface area contributed by atoms with Crippen LogP contribution in [-0.2, 0) is 0 Å². The highest BCUT2D eigenvalue weighted by Gasteiger charge is 2.45. The van der Waals surface area contributed by atoms with Crippen LogP contribution in [0.3, 0.4) is 0 Å². The van der Waals surface area contributed by atoms with Gasteiger partial charge in [0.05, 0.1) is 5.60 Å². The molecule has 1 rings (SSSR count). The van der Waals surface area contributed by atoms with Crippen LogP contribution >= 0.6 is 0 Å². The van der Waals surface area contributed by atoms with Crippen molar-refractivity contribution < 1.29 is 5.11 Å². The maximum atomic E-state index is 10.1. The molecule has 1 N–H and O–H groups in total. The second-order valence-electron chi connectivity index (χ2n) is 4.41. The number of rotatable bonds is 3. The van der Waals surface area contributed by atoms with Crippen LogP contribution < -0.4 is 0 Å². The largest absolute Gasteiger partial charge is 0.387 e. The quantitative estimate of drug-likeness (QED) is 0.695. The van der Waals surface area contributed by atoms with Gasteiger partial charge in [0.2, 0.25) is 0 Å². The van der Waals surface area contributed by atoms with Crippen molar-refractivity contribution in [2.24, 2.45) is 5.92 Å². The Kier molecular flexibility index (Phi) is 2.79. The zero-order valence-corrected chi connectivity index (χ0v) is 8.67. The van der Waals surface area contributed by atoms with Crippen LogP contribution in [0.2, 0.25) is 0 Å². The van der Waals surface area contributed by atoms with Crippen molar-refractivity contribution in [3.63, 3.8) is 0 Å². The van der Waals surface area contributed by atoms with Crippen molar-refractivity contribution in [3.05, 3.63) is 0 Å². The summed E-state index contributed by atoms with van der Waals surface area (Å²) >= 11 is 0. The molecule has 1 atom stereocenters. The number of aliphatic hydroxyl groups is 1. The summed E-state index contributed by atoms with van der Waals surface area (Å²) in [5, 5.41) is 10.1. The number of β-amino-alcohol motifs (C(OH)–C–C–N with tert-alkyl or cyclic N) is 1. The first kappa shape index (κ1) is 10.0. The second kappa shape index (κ2) is 3.35. The minimum atomic E-state index is -0.390. The van der Waals surface area contributed by atoms with Gasteiger partial charge in [-0.25, -0.2) is 0 Å². The van der Waals surface area contributed by atoms with Gasteiger partial charge in [-0.05, 0) is 19.8 Å². The molecular formula is C10H21NO. The van der Waals surface area contributed by atoms with Gasteiger partial charge in [-0.2, -0.15) is 0 Å². The topological polar surface area (TPSA) is 23.5 Å². The van der Waals surface area contributed by atoms with Gasteiger partial charge in [0, 0.05) is 19.1 Å². The molecule has 0 aromatic carbocycles. The highest BCUT2D eigenvalue weighted by Crippen LogP contribution is 2.31. The Morgan fingerprint density at radius 3 is 2.17 bits per heavy atom.